The Labute approximate surface area is 132 Å². The number of piperazine rings is 1. The number of hydrogen-bond donors (Lipinski definition) is 1. The second kappa shape index (κ2) is 6.37. The Bertz CT molecular complexity index is 557. The van der Waals surface area contributed by atoms with E-state index < -0.39 is 0 Å². The molecule has 1 aliphatic rings. The summed E-state index contributed by atoms with van der Waals surface area (Å²) in [5.74, 6) is 0.854. The van der Waals surface area contributed by atoms with E-state index >= 15 is 0 Å². The van der Waals surface area contributed by atoms with E-state index in [9.17, 15) is 4.79 Å². The number of aliphatic imine (C=N–C) groups is 1. The Morgan fingerprint density at radius 2 is 2.14 bits per heavy atom. The van der Waals surface area contributed by atoms with Crippen LogP contribution in [0.1, 0.15) is 20.8 Å². The summed E-state index contributed by atoms with van der Waals surface area (Å²) in [5.41, 5.74) is 1.02. The molecular weight excluding hydrogens is 280 g/mol. The van der Waals surface area contributed by atoms with Crippen molar-refractivity contribution in [2.24, 2.45) is 17.5 Å². The third kappa shape index (κ3) is 3.99. The Morgan fingerprint density at radius 3 is 2.64 bits per heavy atom. The summed E-state index contributed by atoms with van der Waals surface area (Å²) in [5, 5.41) is 7.47. The number of rotatable bonds is 2. The molecule has 1 aliphatic heterocycles. The second-order valence-electron chi connectivity index (χ2n) is 6.80. The summed E-state index contributed by atoms with van der Waals surface area (Å²) < 4.78 is 1.71. The number of aromatic nitrogens is 2. The highest BCUT2D eigenvalue weighted by molar-refractivity contribution is 5.98. The number of anilines is 1. The molecule has 7 nitrogen and oxygen atoms in total. The number of amides is 1. The Kier molecular flexibility index (Phi) is 4.73. The second-order valence-corrected chi connectivity index (χ2v) is 6.80. The number of hydrogen-bond acceptors (Lipinski definition) is 3. The van der Waals surface area contributed by atoms with Gasteiger partial charge in [0.25, 0.3) is 0 Å². The van der Waals surface area contributed by atoms with E-state index in [4.69, 9.17) is 0 Å². The van der Waals surface area contributed by atoms with Crippen LogP contribution in [-0.4, -0.2) is 59.8 Å². The molecule has 0 atom stereocenters. The fraction of sp³-hybridized carbons (Fsp3) is 0.667. The summed E-state index contributed by atoms with van der Waals surface area (Å²) in [4.78, 5) is 20.5. The standard InChI is InChI=1S/C15H26N6O/c1-15(2,3)11-17-14(16-4)20-6-7-21(13(22)10-20)12-8-18-19(5)9-12/h8-9H,6-7,10-11H2,1-5H3,(H,16,17). The topological polar surface area (TPSA) is 65.8 Å². The lowest BCUT2D eigenvalue weighted by Gasteiger charge is -2.36. The first-order chi connectivity index (χ1) is 10.3. The molecule has 122 valence electrons. The van der Waals surface area contributed by atoms with E-state index in [2.05, 4.69) is 36.2 Å². The van der Waals surface area contributed by atoms with Crippen molar-refractivity contribution in [2.75, 3.05) is 38.1 Å². The van der Waals surface area contributed by atoms with Gasteiger partial charge in [-0.15, -0.1) is 0 Å². The first kappa shape index (κ1) is 16.3. The number of aryl methyl sites for hydroxylation is 1. The van der Waals surface area contributed by atoms with E-state index in [-0.39, 0.29) is 11.3 Å². The average Bonchev–Trinajstić information content (AvgIpc) is 2.85. The van der Waals surface area contributed by atoms with Crippen molar-refractivity contribution in [3.8, 4) is 0 Å². The van der Waals surface area contributed by atoms with E-state index in [0.717, 1.165) is 24.7 Å². The lowest BCUT2D eigenvalue weighted by atomic mass is 9.97. The Hall–Kier alpha value is -2.05. The third-order valence-corrected chi connectivity index (χ3v) is 3.51. The van der Waals surface area contributed by atoms with Crippen LogP contribution in [0, 0.1) is 5.41 Å². The Balaban J connectivity index is 1.98. The lowest BCUT2D eigenvalue weighted by Crippen LogP contribution is -2.56. The average molecular weight is 306 g/mol. The van der Waals surface area contributed by atoms with E-state index in [0.29, 0.717) is 13.1 Å². The van der Waals surface area contributed by atoms with Gasteiger partial charge in [-0.2, -0.15) is 5.10 Å². The minimum absolute atomic E-state index is 0.0676. The largest absolute Gasteiger partial charge is 0.356 e. The molecule has 0 aromatic carbocycles. The van der Waals surface area contributed by atoms with Crippen molar-refractivity contribution in [3.63, 3.8) is 0 Å². The fourth-order valence-electron chi connectivity index (χ4n) is 2.35. The highest BCUT2D eigenvalue weighted by Crippen LogP contribution is 2.16. The molecule has 1 saturated heterocycles. The smallest absolute Gasteiger partial charge is 0.246 e. The molecule has 7 heteroatoms. The number of guanidine groups is 1. The van der Waals surface area contributed by atoms with Gasteiger partial charge in [-0.05, 0) is 5.41 Å². The van der Waals surface area contributed by atoms with Gasteiger partial charge in [0, 0.05) is 39.9 Å². The van der Waals surface area contributed by atoms with Crippen molar-refractivity contribution in [3.05, 3.63) is 12.4 Å². The van der Waals surface area contributed by atoms with Gasteiger partial charge < -0.3 is 15.1 Å². The molecule has 1 fully saturated rings. The molecular formula is C15H26N6O. The van der Waals surface area contributed by atoms with Crippen molar-refractivity contribution < 1.29 is 4.79 Å². The lowest BCUT2D eigenvalue weighted by molar-refractivity contribution is -0.120. The van der Waals surface area contributed by atoms with Crippen LogP contribution in [0.5, 0.6) is 0 Å². The molecule has 0 bridgehead atoms. The molecule has 0 spiro atoms. The summed E-state index contributed by atoms with van der Waals surface area (Å²) in [6.45, 7) is 9.04. The third-order valence-electron chi connectivity index (χ3n) is 3.51. The molecule has 0 unspecified atom stereocenters. The van der Waals surface area contributed by atoms with Crippen molar-refractivity contribution in [1.29, 1.82) is 0 Å². The minimum Gasteiger partial charge on any atom is -0.356 e. The van der Waals surface area contributed by atoms with Crippen molar-refractivity contribution in [2.45, 2.75) is 20.8 Å². The number of nitrogens with one attached hydrogen (secondary N) is 1. The molecule has 1 amide bonds. The minimum atomic E-state index is 0.0676. The van der Waals surface area contributed by atoms with Gasteiger partial charge in [-0.25, -0.2) is 0 Å². The highest BCUT2D eigenvalue weighted by Gasteiger charge is 2.28. The summed E-state index contributed by atoms with van der Waals surface area (Å²) in [7, 11) is 3.60. The van der Waals surface area contributed by atoms with Gasteiger partial charge in [0.1, 0.15) is 6.54 Å². The van der Waals surface area contributed by atoms with Crippen molar-refractivity contribution >= 4 is 17.6 Å². The highest BCUT2D eigenvalue weighted by atomic mass is 16.2. The SMILES string of the molecule is CN=C(NCC(C)(C)C)N1CCN(c2cnn(C)c2)C(=O)C1. The van der Waals surface area contributed by atoms with Gasteiger partial charge >= 0.3 is 0 Å². The van der Waals surface area contributed by atoms with Crippen LogP contribution in [-0.2, 0) is 11.8 Å². The van der Waals surface area contributed by atoms with E-state index in [1.165, 1.54) is 0 Å². The zero-order valence-electron chi connectivity index (χ0n) is 14.1. The van der Waals surface area contributed by atoms with Crippen LogP contribution in [0.25, 0.3) is 0 Å². The molecule has 1 aromatic rings. The normalized spacial score (nSPS) is 17.1. The monoisotopic (exact) mass is 306 g/mol. The van der Waals surface area contributed by atoms with Crippen molar-refractivity contribution in [1.82, 2.24) is 20.0 Å². The zero-order chi connectivity index (χ0) is 16.3. The molecule has 0 radical (unpaired) electrons. The van der Waals surface area contributed by atoms with E-state index in [1.54, 1.807) is 22.8 Å². The quantitative estimate of drug-likeness (QED) is 0.645. The van der Waals surface area contributed by atoms with Crippen LogP contribution in [0.15, 0.2) is 17.4 Å². The molecule has 0 saturated carbocycles. The summed E-state index contributed by atoms with van der Waals surface area (Å²) in [6, 6.07) is 0. The Morgan fingerprint density at radius 1 is 1.41 bits per heavy atom. The predicted molar refractivity (Wildman–Crippen MR) is 88.0 cm³/mol. The predicted octanol–water partition coefficient (Wildman–Crippen LogP) is 0.690. The fourth-order valence-corrected chi connectivity index (χ4v) is 2.35. The number of carbonyl (C=O) groups is 1. The number of carbonyl (C=O) groups excluding carboxylic acids is 1. The van der Waals surface area contributed by atoms with Gasteiger partial charge in [0.05, 0.1) is 11.9 Å². The molecule has 0 aliphatic carbocycles. The summed E-state index contributed by atoms with van der Waals surface area (Å²) in [6.07, 6.45) is 3.58. The first-order valence-corrected chi connectivity index (χ1v) is 7.55. The molecule has 1 N–H and O–H groups in total. The molecule has 2 heterocycles. The van der Waals surface area contributed by atoms with Gasteiger partial charge in [-0.3, -0.25) is 14.5 Å². The maximum atomic E-state index is 12.4. The molecule has 22 heavy (non-hydrogen) atoms. The molecule has 1 aromatic heterocycles. The van der Waals surface area contributed by atoms with E-state index in [1.807, 2.05) is 18.1 Å². The summed E-state index contributed by atoms with van der Waals surface area (Å²) >= 11 is 0. The van der Waals surface area contributed by atoms with Gasteiger partial charge in [0.15, 0.2) is 5.96 Å². The maximum Gasteiger partial charge on any atom is 0.246 e. The molecule has 2 rings (SSSR count). The van der Waals surface area contributed by atoms with Gasteiger partial charge in [0.2, 0.25) is 5.91 Å². The van der Waals surface area contributed by atoms with Crippen LogP contribution in [0.2, 0.25) is 0 Å². The van der Waals surface area contributed by atoms with Crippen LogP contribution >= 0.6 is 0 Å². The van der Waals surface area contributed by atoms with Crippen LogP contribution in [0.4, 0.5) is 5.69 Å². The number of nitrogens with zero attached hydrogens (tertiary/aromatic N) is 5. The first-order valence-electron chi connectivity index (χ1n) is 7.55. The maximum absolute atomic E-state index is 12.4. The zero-order valence-corrected chi connectivity index (χ0v) is 14.1. The van der Waals surface area contributed by atoms with Gasteiger partial charge in [-0.1, -0.05) is 20.8 Å². The van der Waals surface area contributed by atoms with Crippen LogP contribution < -0.4 is 10.2 Å². The van der Waals surface area contributed by atoms with Crippen LogP contribution in [0.3, 0.4) is 0 Å².